The van der Waals surface area contributed by atoms with Gasteiger partial charge in [0.25, 0.3) is 0 Å². The van der Waals surface area contributed by atoms with E-state index in [1.165, 1.54) is 49.9 Å². The lowest BCUT2D eigenvalue weighted by Gasteiger charge is -2.08. The van der Waals surface area contributed by atoms with Gasteiger partial charge < -0.3 is 4.74 Å². The third kappa shape index (κ3) is 8.01. The van der Waals surface area contributed by atoms with E-state index in [0.717, 1.165) is 33.9 Å². The number of aromatic nitrogens is 1. The number of ether oxygens (including phenoxy) is 1. The minimum atomic E-state index is 0.769. The molecule has 0 saturated heterocycles. The fourth-order valence-corrected chi connectivity index (χ4v) is 3.39. The normalized spacial score (nSPS) is 11.1. The molecule has 1 aromatic heterocycles. The van der Waals surface area contributed by atoms with Crippen LogP contribution in [0.5, 0.6) is 5.75 Å². The van der Waals surface area contributed by atoms with E-state index < -0.39 is 0 Å². The van der Waals surface area contributed by atoms with Gasteiger partial charge in [-0.15, -0.1) is 11.3 Å². The zero-order valence-electron chi connectivity index (χ0n) is 14.7. The number of halogens is 1. The Balaban J connectivity index is 1.67. The number of unbranched alkanes of at least 4 members (excludes halogenated alkanes) is 6. The molecule has 6 heteroatoms. The smallest absolute Gasteiger partial charge is 0.203 e. The average molecular weight is 424 g/mol. The first kappa shape index (κ1) is 19.9. The van der Waals surface area contributed by atoms with E-state index in [-0.39, 0.29) is 0 Å². The quantitative estimate of drug-likeness (QED) is 0.241. The fraction of sp³-hybridized carbons (Fsp3) is 0.474. The van der Waals surface area contributed by atoms with Crippen molar-refractivity contribution in [2.45, 2.75) is 51.9 Å². The summed E-state index contributed by atoms with van der Waals surface area (Å²) in [5, 5.41) is 6.87. The van der Waals surface area contributed by atoms with E-state index in [9.17, 15) is 0 Å². The average Bonchev–Trinajstić information content (AvgIpc) is 3.12. The van der Waals surface area contributed by atoms with E-state index >= 15 is 0 Å². The lowest BCUT2D eigenvalue weighted by molar-refractivity contribution is 0.302. The maximum absolute atomic E-state index is 5.87. The maximum atomic E-state index is 5.87. The maximum Gasteiger partial charge on any atom is 0.203 e. The Morgan fingerprint density at radius 3 is 2.72 bits per heavy atom. The van der Waals surface area contributed by atoms with Gasteiger partial charge in [-0.05, 0) is 46.1 Å². The zero-order valence-corrected chi connectivity index (χ0v) is 17.1. The van der Waals surface area contributed by atoms with Gasteiger partial charge >= 0.3 is 0 Å². The van der Waals surface area contributed by atoms with Crippen molar-refractivity contribution >= 4 is 38.6 Å². The monoisotopic (exact) mass is 423 g/mol. The summed E-state index contributed by atoms with van der Waals surface area (Å²) in [6.07, 6.45) is 12.6. The summed E-state index contributed by atoms with van der Waals surface area (Å²) in [7, 11) is 0. The van der Waals surface area contributed by atoms with Gasteiger partial charge in [-0.3, -0.25) is 5.43 Å². The second-order valence-corrected chi connectivity index (χ2v) is 7.62. The Kier molecular flexibility index (Phi) is 9.59. The molecule has 0 aliphatic heterocycles. The first-order valence-corrected chi connectivity index (χ1v) is 10.6. The number of hydrazone groups is 1. The van der Waals surface area contributed by atoms with Crippen LogP contribution < -0.4 is 10.2 Å². The van der Waals surface area contributed by atoms with Crippen LogP contribution in [0.1, 0.15) is 57.4 Å². The summed E-state index contributed by atoms with van der Waals surface area (Å²) in [4.78, 5) is 4.11. The molecule has 1 aromatic carbocycles. The molecule has 1 N–H and O–H groups in total. The Hall–Kier alpha value is -1.40. The Bertz CT molecular complexity index is 632. The van der Waals surface area contributed by atoms with Crippen molar-refractivity contribution in [2.24, 2.45) is 5.10 Å². The highest BCUT2D eigenvalue weighted by Gasteiger charge is 2.02. The van der Waals surface area contributed by atoms with Crippen LogP contribution in [0.2, 0.25) is 0 Å². The number of thiazole rings is 1. The number of benzene rings is 1. The molecule has 25 heavy (non-hydrogen) atoms. The van der Waals surface area contributed by atoms with Crippen molar-refractivity contribution in [3.63, 3.8) is 0 Å². The molecule has 136 valence electrons. The van der Waals surface area contributed by atoms with Crippen molar-refractivity contribution in [2.75, 3.05) is 12.0 Å². The van der Waals surface area contributed by atoms with Gasteiger partial charge in [-0.1, -0.05) is 45.4 Å². The SMILES string of the molecule is CCCCCCCCCOc1ccc(/C=N\Nc2nccs2)cc1Br. The molecule has 0 fully saturated rings. The van der Waals surface area contributed by atoms with Gasteiger partial charge in [-0.2, -0.15) is 5.10 Å². The van der Waals surface area contributed by atoms with Crippen LogP contribution in [0.15, 0.2) is 39.4 Å². The lowest BCUT2D eigenvalue weighted by atomic mass is 10.1. The Morgan fingerprint density at radius 1 is 1.20 bits per heavy atom. The minimum absolute atomic E-state index is 0.769. The van der Waals surface area contributed by atoms with Crippen LogP contribution in [0.3, 0.4) is 0 Å². The lowest BCUT2D eigenvalue weighted by Crippen LogP contribution is -1.98. The van der Waals surface area contributed by atoms with Crippen molar-refractivity contribution in [1.29, 1.82) is 0 Å². The summed E-state index contributed by atoms with van der Waals surface area (Å²) in [5.41, 5.74) is 3.90. The number of hydrogen-bond acceptors (Lipinski definition) is 5. The van der Waals surface area contributed by atoms with Crippen molar-refractivity contribution in [3.05, 3.63) is 39.8 Å². The van der Waals surface area contributed by atoms with Crippen LogP contribution in [-0.4, -0.2) is 17.8 Å². The number of nitrogens with zero attached hydrogens (tertiary/aromatic N) is 2. The molecule has 1 heterocycles. The third-order valence-electron chi connectivity index (χ3n) is 3.77. The first-order chi connectivity index (χ1) is 12.3. The Labute approximate surface area is 162 Å². The zero-order chi connectivity index (χ0) is 17.7. The molecular weight excluding hydrogens is 398 g/mol. The predicted octanol–water partition coefficient (Wildman–Crippen LogP) is 6.48. The highest BCUT2D eigenvalue weighted by atomic mass is 79.9. The molecule has 4 nitrogen and oxygen atoms in total. The molecule has 0 radical (unpaired) electrons. The number of nitrogens with one attached hydrogen (secondary N) is 1. The number of anilines is 1. The second-order valence-electron chi connectivity index (χ2n) is 5.87. The largest absolute Gasteiger partial charge is 0.492 e. The fourth-order valence-electron chi connectivity index (χ4n) is 2.40. The number of hydrogen-bond donors (Lipinski definition) is 1. The topological polar surface area (TPSA) is 46.5 Å². The summed E-state index contributed by atoms with van der Waals surface area (Å²) < 4.78 is 6.82. The molecule has 0 aliphatic carbocycles. The van der Waals surface area contributed by atoms with Gasteiger partial charge in [0.1, 0.15) is 5.75 Å². The van der Waals surface area contributed by atoms with E-state index in [0.29, 0.717) is 0 Å². The summed E-state index contributed by atoms with van der Waals surface area (Å²) in [6, 6.07) is 5.99. The predicted molar refractivity (Wildman–Crippen MR) is 111 cm³/mol. The van der Waals surface area contributed by atoms with Gasteiger partial charge in [0.05, 0.1) is 17.3 Å². The van der Waals surface area contributed by atoms with Crippen LogP contribution in [0, 0.1) is 0 Å². The van der Waals surface area contributed by atoms with Crippen molar-refractivity contribution < 1.29 is 4.74 Å². The molecule has 0 atom stereocenters. The van der Waals surface area contributed by atoms with E-state index in [2.05, 4.69) is 38.4 Å². The molecule has 0 spiro atoms. The van der Waals surface area contributed by atoms with Gasteiger partial charge in [0.15, 0.2) is 0 Å². The Morgan fingerprint density at radius 2 is 2.00 bits per heavy atom. The van der Waals surface area contributed by atoms with Gasteiger partial charge in [0.2, 0.25) is 5.13 Å². The van der Waals surface area contributed by atoms with E-state index in [1.54, 1.807) is 12.4 Å². The minimum Gasteiger partial charge on any atom is -0.492 e. The molecule has 2 rings (SSSR count). The second kappa shape index (κ2) is 12.0. The van der Waals surface area contributed by atoms with Crippen molar-refractivity contribution in [3.8, 4) is 5.75 Å². The van der Waals surface area contributed by atoms with Crippen LogP contribution in [-0.2, 0) is 0 Å². The molecule has 0 saturated carbocycles. The van der Waals surface area contributed by atoms with Gasteiger partial charge in [-0.25, -0.2) is 4.98 Å². The molecular formula is C19H26BrN3OS. The summed E-state index contributed by atoms with van der Waals surface area (Å²) in [5.74, 6) is 0.885. The van der Waals surface area contributed by atoms with E-state index in [1.807, 2.05) is 23.6 Å². The molecule has 0 bridgehead atoms. The molecule has 0 aliphatic rings. The molecule has 2 aromatic rings. The summed E-state index contributed by atoms with van der Waals surface area (Å²) >= 11 is 5.09. The number of rotatable bonds is 12. The highest BCUT2D eigenvalue weighted by molar-refractivity contribution is 9.10. The third-order valence-corrected chi connectivity index (χ3v) is 5.06. The highest BCUT2D eigenvalue weighted by Crippen LogP contribution is 2.26. The van der Waals surface area contributed by atoms with E-state index in [4.69, 9.17) is 4.74 Å². The van der Waals surface area contributed by atoms with Gasteiger partial charge in [0, 0.05) is 11.6 Å². The van der Waals surface area contributed by atoms with Crippen LogP contribution in [0.25, 0.3) is 0 Å². The van der Waals surface area contributed by atoms with Crippen molar-refractivity contribution in [1.82, 2.24) is 4.98 Å². The van der Waals surface area contributed by atoms with Crippen LogP contribution in [0.4, 0.5) is 5.13 Å². The van der Waals surface area contributed by atoms with Crippen LogP contribution >= 0.6 is 27.3 Å². The standard InChI is InChI=1S/C19H26BrN3OS/c1-2-3-4-5-6-7-8-12-24-18-10-9-16(14-17(18)20)15-22-23-19-21-11-13-25-19/h9-11,13-15H,2-8,12H2,1H3,(H,21,23)/b22-15-. The first-order valence-electron chi connectivity index (χ1n) is 8.90. The molecule has 0 unspecified atom stereocenters. The molecule has 0 amide bonds. The summed E-state index contributed by atoms with van der Waals surface area (Å²) in [6.45, 7) is 3.02.